The van der Waals surface area contributed by atoms with E-state index in [1.54, 1.807) is 6.92 Å². The van der Waals surface area contributed by atoms with Crippen LogP contribution in [0, 0.1) is 0 Å². The molecule has 0 spiro atoms. The minimum absolute atomic E-state index is 0.0627. The molecule has 1 aliphatic rings. The van der Waals surface area contributed by atoms with Crippen molar-refractivity contribution in [3.05, 3.63) is 21.9 Å². The second-order valence-corrected chi connectivity index (χ2v) is 5.07. The molecule has 1 aromatic heterocycles. The summed E-state index contributed by atoms with van der Waals surface area (Å²) in [5.74, 6) is -1.09. The Labute approximate surface area is 109 Å². The van der Waals surface area contributed by atoms with Crippen molar-refractivity contribution in [2.24, 2.45) is 0 Å². The Bertz CT molecular complexity index is 509. The van der Waals surface area contributed by atoms with Gasteiger partial charge in [0.15, 0.2) is 0 Å². The van der Waals surface area contributed by atoms with Gasteiger partial charge in [0.2, 0.25) is 11.8 Å². The maximum atomic E-state index is 12.3. The molecule has 0 bridgehead atoms. The number of hydrogen-bond acceptors (Lipinski definition) is 4. The van der Waals surface area contributed by atoms with Gasteiger partial charge in [-0.05, 0) is 30.4 Å². The van der Waals surface area contributed by atoms with E-state index in [-0.39, 0.29) is 12.5 Å². The van der Waals surface area contributed by atoms with Gasteiger partial charge in [0.05, 0.1) is 4.88 Å². The average Bonchev–Trinajstić information content (AvgIpc) is 2.81. The van der Waals surface area contributed by atoms with Crippen LogP contribution in [0.5, 0.6) is 0 Å². The summed E-state index contributed by atoms with van der Waals surface area (Å²) < 4.78 is 0. The smallest absolute Gasteiger partial charge is 0.265 e. The molecule has 1 aliphatic heterocycles. The number of piperazine rings is 1. The van der Waals surface area contributed by atoms with Crippen LogP contribution in [0.25, 0.3) is 0 Å². The highest BCUT2D eigenvalue weighted by Gasteiger charge is 2.34. The van der Waals surface area contributed by atoms with Crippen LogP contribution in [0.2, 0.25) is 0 Å². The van der Waals surface area contributed by atoms with Crippen LogP contribution in [0.3, 0.4) is 0 Å². The lowest BCUT2D eigenvalue weighted by molar-refractivity contribution is -0.138. The van der Waals surface area contributed by atoms with Gasteiger partial charge in [-0.25, -0.2) is 0 Å². The summed E-state index contributed by atoms with van der Waals surface area (Å²) in [4.78, 5) is 37.1. The first-order valence-corrected chi connectivity index (χ1v) is 6.63. The largest absolute Gasteiger partial charge is 0.317 e. The molecule has 96 valence electrons. The Morgan fingerprint density at radius 3 is 2.94 bits per heavy atom. The Kier molecular flexibility index (Phi) is 3.47. The minimum Gasteiger partial charge on any atom is -0.317 e. The molecule has 18 heavy (non-hydrogen) atoms. The number of amides is 3. The molecule has 2 heterocycles. The van der Waals surface area contributed by atoms with E-state index in [0.717, 1.165) is 12.0 Å². The van der Waals surface area contributed by atoms with Crippen LogP contribution in [-0.4, -0.2) is 35.2 Å². The van der Waals surface area contributed by atoms with Crippen molar-refractivity contribution in [1.82, 2.24) is 10.2 Å². The molecule has 6 heteroatoms. The molecule has 3 amide bonds. The van der Waals surface area contributed by atoms with E-state index in [4.69, 9.17) is 0 Å². The molecule has 0 aliphatic carbocycles. The topological polar surface area (TPSA) is 66.5 Å². The Balaban J connectivity index is 2.27. The lowest BCUT2D eigenvalue weighted by Gasteiger charge is -2.31. The van der Waals surface area contributed by atoms with E-state index in [2.05, 4.69) is 5.32 Å². The second-order valence-electron chi connectivity index (χ2n) is 4.15. The van der Waals surface area contributed by atoms with Crippen molar-refractivity contribution in [2.75, 3.05) is 6.54 Å². The zero-order chi connectivity index (χ0) is 13.3. The SMILES string of the molecule is CCc1ccsc1C(=O)N1CC(=O)NC(=O)C1C. The van der Waals surface area contributed by atoms with Crippen molar-refractivity contribution in [1.29, 1.82) is 0 Å². The fourth-order valence-electron chi connectivity index (χ4n) is 1.89. The van der Waals surface area contributed by atoms with E-state index in [0.29, 0.717) is 4.88 Å². The van der Waals surface area contributed by atoms with E-state index >= 15 is 0 Å². The molecule has 1 unspecified atom stereocenters. The van der Waals surface area contributed by atoms with Gasteiger partial charge in [-0.1, -0.05) is 6.92 Å². The fourth-order valence-corrected chi connectivity index (χ4v) is 2.84. The number of hydrogen-bond donors (Lipinski definition) is 1. The van der Waals surface area contributed by atoms with E-state index in [1.807, 2.05) is 18.4 Å². The molecule has 1 saturated heterocycles. The van der Waals surface area contributed by atoms with Gasteiger partial charge in [-0.3, -0.25) is 19.7 Å². The number of thiophene rings is 1. The second kappa shape index (κ2) is 4.89. The lowest BCUT2D eigenvalue weighted by atomic mass is 10.1. The summed E-state index contributed by atoms with van der Waals surface area (Å²) in [6.07, 6.45) is 0.757. The third-order valence-corrected chi connectivity index (χ3v) is 3.95. The summed E-state index contributed by atoms with van der Waals surface area (Å²) in [6.45, 7) is 3.53. The first kappa shape index (κ1) is 12.8. The third-order valence-electron chi connectivity index (χ3n) is 3.01. The highest BCUT2D eigenvalue weighted by Crippen LogP contribution is 2.21. The standard InChI is InChI=1S/C12H14N2O3S/c1-3-8-4-5-18-10(8)12(17)14-6-9(15)13-11(16)7(14)2/h4-5,7H,3,6H2,1-2H3,(H,13,15,16). The van der Waals surface area contributed by atoms with Crippen LogP contribution in [0.4, 0.5) is 0 Å². The molecule has 0 radical (unpaired) electrons. The van der Waals surface area contributed by atoms with Gasteiger partial charge < -0.3 is 4.90 Å². The number of rotatable bonds is 2. The first-order valence-electron chi connectivity index (χ1n) is 5.75. The van der Waals surface area contributed by atoms with Crippen LogP contribution in [0.15, 0.2) is 11.4 Å². The number of carbonyl (C=O) groups is 3. The molecule has 1 fully saturated rings. The Morgan fingerprint density at radius 1 is 1.56 bits per heavy atom. The van der Waals surface area contributed by atoms with Gasteiger partial charge >= 0.3 is 0 Å². The van der Waals surface area contributed by atoms with Crippen LogP contribution in [0.1, 0.15) is 29.1 Å². The maximum Gasteiger partial charge on any atom is 0.265 e. The molecule has 0 saturated carbocycles. The minimum atomic E-state index is -0.609. The summed E-state index contributed by atoms with van der Waals surface area (Å²) in [6, 6.07) is 1.29. The third kappa shape index (κ3) is 2.15. The normalized spacial score (nSPS) is 19.9. The number of imide groups is 1. The van der Waals surface area contributed by atoms with E-state index < -0.39 is 17.9 Å². The van der Waals surface area contributed by atoms with Gasteiger partial charge in [-0.2, -0.15) is 0 Å². The van der Waals surface area contributed by atoms with Crippen LogP contribution >= 0.6 is 11.3 Å². The lowest BCUT2D eigenvalue weighted by Crippen LogP contribution is -2.58. The summed E-state index contributed by atoms with van der Waals surface area (Å²) >= 11 is 1.35. The molecule has 2 rings (SSSR count). The molecule has 1 atom stereocenters. The summed E-state index contributed by atoms with van der Waals surface area (Å²) in [7, 11) is 0. The Morgan fingerprint density at radius 2 is 2.28 bits per heavy atom. The zero-order valence-electron chi connectivity index (χ0n) is 10.2. The molecular weight excluding hydrogens is 252 g/mol. The number of aryl methyl sites for hydroxylation is 1. The zero-order valence-corrected chi connectivity index (χ0v) is 11.0. The van der Waals surface area contributed by atoms with Crippen LogP contribution < -0.4 is 5.32 Å². The molecule has 1 aromatic rings. The number of nitrogens with one attached hydrogen (secondary N) is 1. The van der Waals surface area contributed by atoms with Gasteiger partial charge in [0.25, 0.3) is 5.91 Å². The van der Waals surface area contributed by atoms with E-state index in [9.17, 15) is 14.4 Å². The monoisotopic (exact) mass is 266 g/mol. The van der Waals surface area contributed by atoms with Crippen LogP contribution in [-0.2, 0) is 16.0 Å². The molecule has 0 aromatic carbocycles. The van der Waals surface area contributed by atoms with E-state index in [1.165, 1.54) is 16.2 Å². The quantitative estimate of drug-likeness (QED) is 0.805. The molecule has 5 nitrogen and oxygen atoms in total. The predicted molar refractivity (Wildman–Crippen MR) is 67.3 cm³/mol. The highest BCUT2D eigenvalue weighted by molar-refractivity contribution is 7.12. The van der Waals surface area contributed by atoms with Crippen molar-refractivity contribution in [3.63, 3.8) is 0 Å². The predicted octanol–water partition coefficient (Wildman–Crippen LogP) is 0.798. The summed E-state index contributed by atoms with van der Waals surface area (Å²) in [5, 5.41) is 4.07. The summed E-state index contributed by atoms with van der Waals surface area (Å²) in [5.41, 5.74) is 0.954. The number of carbonyl (C=O) groups excluding carboxylic acids is 3. The maximum absolute atomic E-state index is 12.3. The Hall–Kier alpha value is -1.69. The van der Waals surface area contributed by atoms with Crippen molar-refractivity contribution < 1.29 is 14.4 Å². The van der Waals surface area contributed by atoms with Crippen molar-refractivity contribution in [2.45, 2.75) is 26.3 Å². The fraction of sp³-hybridized carbons (Fsp3) is 0.417. The first-order chi connectivity index (χ1) is 8.54. The van der Waals surface area contributed by atoms with Crippen molar-refractivity contribution in [3.8, 4) is 0 Å². The highest BCUT2D eigenvalue weighted by atomic mass is 32.1. The van der Waals surface area contributed by atoms with Crippen molar-refractivity contribution >= 4 is 29.1 Å². The van der Waals surface area contributed by atoms with Gasteiger partial charge in [0, 0.05) is 0 Å². The molecular formula is C12H14N2O3S. The van der Waals surface area contributed by atoms with Gasteiger partial charge in [0.1, 0.15) is 12.6 Å². The number of nitrogens with zero attached hydrogens (tertiary/aromatic N) is 1. The average molecular weight is 266 g/mol. The van der Waals surface area contributed by atoms with Gasteiger partial charge in [-0.15, -0.1) is 11.3 Å². The molecule has 1 N–H and O–H groups in total.